The molecule has 1 N–H and O–H groups in total. The van der Waals surface area contributed by atoms with Crippen molar-refractivity contribution >= 4 is 12.2 Å². The fraction of sp³-hybridized carbons (Fsp3) is 0.0769. The molecule has 0 saturated carbocycles. The van der Waals surface area contributed by atoms with Crippen molar-refractivity contribution in [1.82, 2.24) is 24.7 Å². The van der Waals surface area contributed by atoms with Gasteiger partial charge >= 0.3 is 0 Å². The van der Waals surface area contributed by atoms with Gasteiger partial charge in [0.2, 0.25) is 0 Å². The first-order valence-corrected chi connectivity index (χ1v) is 6.15. The van der Waals surface area contributed by atoms with Crippen molar-refractivity contribution in [2.75, 3.05) is 0 Å². The molecule has 3 rings (SSSR count). The van der Waals surface area contributed by atoms with E-state index in [2.05, 4.69) is 20.1 Å². The van der Waals surface area contributed by atoms with Gasteiger partial charge in [0.15, 0.2) is 5.82 Å². The molecule has 0 saturated heterocycles. The van der Waals surface area contributed by atoms with E-state index < -0.39 is 0 Å². The zero-order valence-corrected chi connectivity index (χ0v) is 11.1. The summed E-state index contributed by atoms with van der Waals surface area (Å²) < 4.78 is 2.27. The number of aromatic nitrogens is 5. The lowest BCUT2D eigenvalue weighted by Crippen LogP contribution is -1.94. The molecule has 0 fully saturated rings. The molecular weight excluding hydrogens is 258 g/mol. The van der Waals surface area contributed by atoms with Crippen LogP contribution in [0.3, 0.4) is 0 Å². The minimum Gasteiger partial charge on any atom is -0.338 e. The molecular formula is C13H11N5S. The van der Waals surface area contributed by atoms with E-state index >= 15 is 0 Å². The third-order valence-electron chi connectivity index (χ3n) is 2.67. The molecule has 3 aromatic rings. The molecule has 0 bridgehead atoms. The van der Waals surface area contributed by atoms with Crippen molar-refractivity contribution in [3.8, 4) is 22.8 Å². The Labute approximate surface area is 115 Å². The van der Waals surface area contributed by atoms with Gasteiger partial charge in [-0.15, -0.1) is 0 Å². The molecule has 0 aromatic carbocycles. The molecule has 0 unspecified atom stereocenters. The second-order valence-electron chi connectivity index (χ2n) is 4.10. The van der Waals surface area contributed by atoms with E-state index in [-0.39, 0.29) is 0 Å². The summed E-state index contributed by atoms with van der Waals surface area (Å²) in [6, 6.07) is 7.49. The Morgan fingerprint density at radius 1 is 1.32 bits per heavy atom. The normalized spacial score (nSPS) is 10.6. The molecule has 3 aromatic heterocycles. The highest BCUT2D eigenvalue weighted by Gasteiger charge is 2.06. The number of aromatic amines is 1. The number of pyridine rings is 1. The fourth-order valence-corrected chi connectivity index (χ4v) is 2.01. The Kier molecular flexibility index (Phi) is 2.92. The van der Waals surface area contributed by atoms with Gasteiger partial charge in [0.05, 0.1) is 11.9 Å². The van der Waals surface area contributed by atoms with E-state index in [0.29, 0.717) is 10.5 Å². The van der Waals surface area contributed by atoms with Crippen LogP contribution in [0, 0.1) is 4.64 Å². The van der Waals surface area contributed by atoms with Crippen molar-refractivity contribution in [2.24, 2.45) is 7.05 Å². The van der Waals surface area contributed by atoms with E-state index in [4.69, 9.17) is 12.2 Å². The average Bonchev–Trinajstić information content (AvgIpc) is 2.86. The smallest absolute Gasteiger partial charge is 0.158 e. The first kappa shape index (κ1) is 11.7. The number of H-pyrrole nitrogens is 1. The SMILES string of the molecule is Cn1cc(-c2cc(=S)nc(-c3ccccn3)[nH]2)cn1. The summed E-state index contributed by atoms with van der Waals surface area (Å²) in [6.45, 7) is 0. The van der Waals surface area contributed by atoms with Gasteiger partial charge in [-0.05, 0) is 18.2 Å². The Morgan fingerprint density at radius 2 is 2.21 bits per heavy atom. The predicted molar refractivity (Wildman–Crippen MR) is 74.9 cm³/mol. The van der Waals surface area contributed by atoms with E-state index in [9.17, 15) is 0 Å². The average molecular weight is 269 g/mol. The molecule has 0 spiro atoms. The van der Waals surface area contributed by atoms with Crippen LogP contribution in [-0.4, -0.2) is 24.7 Å². The van der Waals surface area contributed by atoms with Crippen molar-refractivity contribution in [3.63, 3.8) is 0 Å². The van der Waals surface area contributed by atoms with Gasteiger partial charge in [-0.2, -0.15) is 5.10 Å². The van der Waals surface area contributed by atoms with Crippen LogP contribution in [0.15, 0.2) is 42.9 Å². The molecule has 0 atom stereocenters. The minimum atomic E-state index is 0.526. The first-order valence-electron chi connectivity index (χ1n) is 5.74. The van der Waals surface area contributed by atoms with Gasteiger partial charge in [-0.3, -0.25) is 9.67 Å². The third-order valence-corrected chi connectivity index (χ3v) is 2.88. The van der Waals surface area contributed by atoms with Gasteiger partial charge in [-0.25, -0.2) is 4.98 Å². The second kappa shape index (κ2) is 4.74. The maximum absolute atomic E-state index is 5.21. The van der Waals surface area contributed by atoms with E-state index in [0.717, 1.165) is 17.0 Å². The van der Waals surface area contributed by atoms with E-state index in [1.165, 1.54) is 0 Å². The van der Waals surface area contributed by atoms with Crippen molar-refractivity contribution in [2.45, 2.75) is 0 Å². The third kappa shape index (κ3) is 2.43. The highest BCUT2D eigenvalue weighted by atomic mass is 32.1. The summed E-state index contributed by atoms with van der Waals surface area (Å²) >= 11 is 5.21. The molecule has 0 aliphatic rings. The molecule has 5 nitrogen and oxygen atoms in total. The Morgan fingerprint density at radius 3 is 2.89 bits per heavy atom. The lowest BCUT2D eigenvalue weighted by molar-refractivity contribution is 0.768. The molecule has 3 heterocycles. The maximum atomic E-state index is 5.21. The number of nitrogens with one attached hydrogen (secondary N) is 1. The van der Waals surface area contributed by atoms with Crippen LogP contribution in [0.1, 0.15) is 0 Å². The fourth-order valence-electron chi connectivity index (χ4n) is 1.80. The van der Waals surface area contributed by atoms with Gasteiger partial charge in [0, 0.05) is 25.0 Å². The summed E-state index contributed by atoms with van der Waals surface area (Å²) in [7, 11) is 1.87. The maximum Gasteiger partial charge on any atom is 0.158 e. The Hall–Kier alpha value is -2.34. The summed E-state index contributed by atoms with van der Waals surface area (Å²) in [5.74, 6) is 0.659. The Balaban J connectivity index is 2.14. The number of rotatable bonds is 2. The van der Waals surface area contributed by atoms with Gasteiger partial charge in [-0.1, -0.05) is 18.3 Å². The lowest BCUT2D eigenvalue weighted by atomic mass is 10.2. The van der Waals surface area contributed by atoms with E-state index in [1.54, 1.807) is 17.1 Å². The van der Waals surface area contributed by atoms with Crippen LogP contribution in [0.25, 0.3) is 22.8 Å². The quantitative estimate of drug-likeness (QED) is 0.726. The summed E-state index contributed by atoms with van der Waals surface area (Å²) in [5, 5.41) is 4.15. The van der Waals surface area contributed by atoms with Crippen molar-refractivity contribution in [3.05, 3.63) is 47.5 Å². The number of nitrogens with zero attached hydrogens (tertiary/aromatic N) is 4. The zero-order chi connectivity index (χ0) is 13.2. The summed E-state index contributed by atoms with van der Waals surface area (Å²) in [6.07, 6.45) is 5.43. The summed E-state index contributed by atoms with van der Waals surface area (Å²) in [4.78, 5) is 11.8. The zero-order valence-electron chi connectivity index (χ0n) is 10.2. The van der Waals surface area contributed by atoms with Crippen molar-refractivity contribution < 1.29 is 0 Å². The lowest BCUT2D eigenvalue weighted by Gasteiger charge is -2.03. The number of aryl methyl sites for hydroxylation is 1. The topological polar surface area (TPSA) is 59.4 Å². The Bertz CT molecular complexity index is 760. The molecule has 0 aliphatic carbocycles. The highest BCUT2D eigenvalue weighted by molar-refractivity contribution is 7.71. The molecule has 6 heteroatoms. The van der Waals surface area contributed by atoms with Crippen LogP contribution in [-0.2, 0) is 7.05 Å². The number of hydrogen-bond donors (Lipinski definition) is 1. The molecule has 94 valence electrons. The first-order chi connectivity index (χ1) is 9.22. The number of hydrogen-bond acceptors (Lipinski definition) is 4. The van der Waals surface area contributed by atoms with Gasteiger partial charge in [0.1, 0.15) is 10.3 Å². The van der Waals surface area contributed by atoms with Crippen LogP contribution in [0.4, 0.5) is 0 Å². The van der Waals surface area contributed by atoms with Crippen LogP contribution >= 0.6 is 12.2 Å². The molecule has 19 heavy (non-hydrogen) atoms. The van der Waals surface area contributed by atoms with Gasteiger partial charge < -0.3 is 4.98 Å². The van der Waals surface area contributed by atoms with Crippen LogP contribution in [0.5, 0.6) is 0 Å². The molecule has 0 amide bonds. The monoisotopic (exact) mass is 269 g/mol. The van der Waals surface area contributed by atoms with Crippen LogP contribution in [0.2, 0.25) is 0 Å². The molecule has 0 radical (unpaired) electrons. The predicted octanol–water partition coefficient (Wildman–Crippen LogP) is 2.60. The standard InChI is InChI=1S/C13H11N5S/c1-18-8-9(7-15-18)11-6-12(19)17-13(16-11)10-4-2-3-5-14-10/h2-8H,1H3,(H,16,17,19). The largest absolute Gasteiger partial charge is 0.338 e. The summed E-state index contributed by atoms with van der Waals surface area (Å²) in [5.41, 5.74) is 2.61. The van der Waals surface area contributed by atoms with Crippen molar-refractivity contribution in [1.29, 1.82) is 0 Å². The second-order valence-corrected chi connectivity index (χ2v) is 4.52. The molecule has 0 aliphatic heterocycles. The minimum absolute atomic E-state index is 0.526. The van der Waals surface area contributed by atoms with E-state index in [1.807, 2.05) is 37.5 Å². The van der Waals surface area contributed by atoms with Gasteiger partial charge in [0.25, 0.3) is 0 Å². The van der Waals surface area contributed by atoms with Crippen LogP contribution < -0.4 is 0 Å². The highest BCUT2D eigenvalue weighted by Crippen LogP contribution is 2.19.